The molecule has 8 heteroatoms. The van der Waals surface area contributed by atoms with Gasteiger partial charge in [-0.2, -0.15) is 0 Å². The van der Waals surface area contributed by atoms with E-state index < -0.39 is 0 Å². The summed E-state index contributed by atoms with van der Waals surface area (Å²) in [5.41, 5.74) is 0. The highest BCUT2D eigenvalue weighted by Gasteiger charge is 2.29. The lowest BCUT2D eigenvalue weighted by atomic mass is 9.93. The van der Waals surface area contributed by atoms with Crippen LogP contribution in [-0.2, 0) is 0 Å². The van der Waals surface area contributed by atoms with Crippen LogP contribution in [0.2, 0.25) is 0 Å². The number of nitrogens with one attached hydrogen (secondary N) is 1. The third-order valence-electron chi connectivity index (χ3n) is 6.37. The molecule has 2 fully saturated rings. The Morgan fingerprint density at radius 3 is 2.61 bits per heavy atom. The molecular formula is C20H38IN7. The Balaban J connectivity index is 0.00000280. The zero-order chi connectivity index (χ0) is 19.2. The Bertz CT molecular complexity index is 583. The molecule has 1 N–H and O–H groups in total. The van der Waals surface area contributed by atoms with Gasteiger partial charge in [0.2, 0.25) is 0 Å². The molecule has 7 nitrogen and oxygen atoms in total. The molecule has 0 bridgehead atoms. The molecule has 1 aromatic rings. The fourth-order valence-electron chi connectivity index (χ4n) is 4.32. The summed E-state index contributed by atoms with van der Waals surface area (Å²) >= 11 is 0. The Labute approximate surface area is 187 Å². The van der Waals surface area contributed by atoms with Gasteiger partial charge in [0.05, 0.1) is 12.4 Å². The number of guanidine groups is 1. The van der Waals surface area contributed by atoms with Crippen LogP contribution in [0.4, 0.5) is 0 Å². The summed E-state index contributed by atoms with van der Waals surface area (Å²) in [5, 5.41) is 3.64. The molecule has 2 aliphatic heterocycles. The number of aliphatic imine (C=N–C) groups is 1. The molecule has 3 atom stereocenters. The SMILES string of the molecule is CCN1CCN(C(C)CNC(=NC)N2CCC(C)C(n3ccnc3)C2)CC1.I. The van der Waals surface area contributed by atoms with E-state index in [1.165, 1.54) is 39.1 Å². The van der Waals surface area contributed by atoms with Gasteiger partial charge in [-0.25, -0.2) is 4.98 Å². The fraction of sp³-hybridized carbons (Fsp3) is 0.800. The minimum Gasteiger partial charge on any atom is -0.355 e. The molecular weight excluding hydrogens is 465 g/mol. The average Bonchev–Trinajstić information content (AvgIpc) is 3.24. The number of rotatable bonds is 5. The van der Waals surface area contributed by atoms with Crippen molar-refractivity contribution in [1.29, 1.82) is 0 Å². The topological polar surface area (TPSA) is 51.9 Å². The highest BCUT2D eigenvalue weighted by molar-refractivity contribution is 14.0. The lowest BCUT2D eigenvalue weighted by Crippen LogP contribution is -2.54. The summed E-state index contributed by atoms with van der Waals surface area (Å²) in [6.45, 7) is 15.8. The van der Waals surface area contributed by atoms with Gasteiger partial charge in [0.15, 0.2) is 5.96 Å². The number of piperidine rings is 1. The molecule has 3 unspecified atom stereocenters. The van der Waals surface area contributed by atoms with Gasteiger partial charge in [0.1, 0.15) is 0 Å². The fourth-order valence-corrected chi connectivity index (χ4v) is 4.32. The summed E-state index contributed by atoms with van der Waals surface area (Å²) < 4.78 is 2.25. The molecule has 3 heterocycles. The number of halogens is 1. The standard InChI is InChI=1S/C20H37N7.HI/c1-5-24-10-12-25(13-11-24)18(3)14-23-20(21-4)26-8-6-17(2)19(15-26)27-9-7-22-16-27;/h7,9,16-19H,5-6,8,10-15H2,1-4H3,(H,21,23);1H. The molecule has 0 aliphatic carbocycles. The molecule has 1 aromatic heterocycles. The number of hydrogen-bond donors (Lipinski definition) is 1. The first-order valence-corrected chi connectivity index (χ1v) is 10.5. The van der Waals surface area contributed by atoms with Crippen molar-refractivity contribution < 1.29 is 0 Å². The molecule has 2 saturated heterocycles. The summed E-state index contributed by atoms with van der Waals surface area (Å²) in [6.07, 6.45) is 7.08. The van der Waals surface area contributed by atoms with Gasteiger partial charge in [-0.05, 0) is 25.8 Å². The lowest BCUT2D eigenvalue weighted by molar-refractivity contribution is 0.106. The van der Waals surface area contributed by atoms with Crippen molar-refractivity contribution in [2.24, 2.45) is 10.9 Å². The second kappa shape index (κ2) is 11.3. The minimum atomic E-state index is 0. The van der Waals surface area contributed by atoms with Crippen molar-refractivity contribution in [3.8, 4) is 0 Å². The maximum atomic E-state index is 4.57. The number of likely N-dealkylation sites (N-methyl/N-ethyl adjacent to an activating group) is 1. The maximum Gasteiger partial charge on any atom is 0.193 e. The van der Waals surface area contributed by atoms with Crippen LogP contribution in [0.1, 0.15) is 33.2 Å². The average molecular weight is 503 g/mol. The zero-order valence-corrected chi connectivity index (χ0v) is 20.2. The molecule has 0 amide bonds. The molecule has 28 heavy (non-hydrogen) atoms. The third-order valence-corrected chi connectivity index (χ3v) is 6.37. The van der Waals surface area contributed by atoms with Crippen LogP contribution in [0.25, 0.3) is 0 Å². The second-order valence-electron chi connectivity index (χ2n) is 8.04. The van der Waals surface area contributed by atoms with Crippen LogP contribution in [0.5, 0.6) is 0 Å². The normalized spacial score (nSPS) is 26.0. The summed E-state index contributed by atoms with van der Waals surface area (Å²) in [5.74, 6) is 1.69. The van der Waals surface area contributed by atoms with E-state index >= 15 is 0 Å². The number of hydrogen-bond acceptors (Lipinski definition) is 4. The molecule has 3 rings (SSSR count). The van der Waals surface area contributed by atoms with Crippen molar-refractivity contribution in [2.45, 2.75) is 39.3 Å². The van der Waals surface area contributed by atoms with Gasteiger partial charge in [0.25, 0.3) is 0 Å². The van der Waals surface area contributed by atoms with E-state index in [-0.39, 0.29) is 24.0 Å². The molecule has 0 spiro atoms. The van der Waals surface area contributed by atoms with E-state index in [9.17, 15) is 0 Å². The summed E-state index contributed by atoms with van der Waals surface area (Å²) in [4.78, 5) is 16.3. The van der Waals surface area contributed by atoms with Gasteiger partial charge in [-0.15, -0.1) is 24.0 Å². The van der Waals surface area contributed by atoms with E-state index in [1.54, 1.807) is 0 Å². The Morgan fingerprint density at radius 2 is 2.00 bits per heavy atom. The summed E-state index contributed by atoms with van der Waals surface area (Å²) in [6, 6.07) is 0.980. The molecule has 2 aliphatic rings. The van der Waals surface area contributed by atoms with Gasteiger partial charge in [0, 0.05) is 71.3 Å². The van der Waals surface area contributed by atoms with Crippen molar-refractivity contribution >= 4 is 29.9 Å². The lowest BCUT2D eigenvalue weighted by Gasteiger charge is -2.40. The van der Waals surface area contributed by atoms with Crippen molar-refractivity contribution in [3.05, 3.63) is 18.7 Å². The first-order chi connectivity index (χ1) is 13.1. The first-order valence-electron chi connectivity index (χ1n) is 10.5. The molecule has 0 saturated carbocycles. The van der Waals surface area contributed by atoms with E-state index in [2.05, 4.69) is 61.5 Å². The van der Waals surface area contributed by atoms with Crippen LogP contribution in [0.3, 0.4) is 0 Å². The summed E-state index contributed by atoms with van der Waals surface area (Å²) in [7, 11) is 1.90. The van der Waals surface area contributed by atoms with Crippen molar-refractivity contribution in [3.63, 3.8) is 0 Å². The number of likely N-dealkylation sites (tertiary alicyclic amines) is 1. The van der Waals surface area contributed by atoms with Crippen LogP contribution in [-0.4, -0.2) is 95.7 Å². The smallest absolute Gasteiger partial charge is 0.193 e. The van der Waals surface area contributed by atoms with Crippen LogP contribution >= 0.6 is 24.0 Å². The van der Waals surface area contributed by atoms with E-state index in [0.29, 0.717) is 18.0 Å². The first kappa shape index (κ1) is 23.4. The van der Waals surface area contributed by atoms with Crippen LogP contribution in [0, 0.1) is 5.92 Å². The van der Waals surface area contributed by atoms with Crippen molar-refractivity contribution in [2.75, 3.05) is 59.4 Å². The Kier molecular flexibility index (Phi) is 9.49. The zero-order valence-electron chi connectivity index (χ0n) is 17.9. The van der Waals surface area contributed by atoms with Gasteiger partial charge in [-0.3, -0.25) is 9.89 Å². The van der Waals surface area contributed by atoms with Gasteiger partial charge in [-0.1, -0.05) is 13.8 Å². The van der Waals surface area contributed by atoms with Crippen molar-refractivity contribution in [1.82, 2.24) is 29.6 Å². The highest BCUT2D eigenvalue weighted by Crippen LogP contribution is 2.27. The second-order valence-corrected chi connectivity index (χ2v) is 8.04. The number of aromatic nitrogens is 2. The van der Waals surface area contributed by atoms with E-state index in [0.717, 1.165) is 25.6 Å². The number of piperazine rings is 1. The quantitative estimate of drug-likeness (QED) is 0.379. The monoisotopic (exact) mass is 503 g/mol. The highest BCUT2D eigenvalue weighted by atomic mass is 127. The van der Waals surface area contributed by atoms with E-state index in [1.807, 2.05) is 19.6 Å². The third kappa shape index (κ3) is 5.82. The Hall–Kier alpha value is -0.870. The number of imidazole rings is 1. The minimum absolute atomic E-state index is 0. The Morgan fingerprint density at radius 1 is 1.25 bits per heavy atom. The maximum absolute atomic E-state index is 4.57. The van der Waals surface area contributed by atoms with Crippen LogP contribution < -0.4 is 5.32 Å². The number of nitrogens with zero attached hydrogens (tertiary/aromatic N) is 6. The van der Waals surface area contributed by atoms with E-state index in [4.69, 9.17) is 0 Å². The van der Waals surface area contributed by atoms with Crippen LogP contribution in [0.15, 0.2) is 23.7 Å². The molecule has 160 valence electrons. The predicted octanol–water partition coefficient (Wildman–Crippen LogP) is 1.99. The largest absolute Gasteiger partial charge is 0.355 e. The van der Waals surface area contributed by atoms with Gasteiger partial charge >= 0.3 is 0 Å². The predicted molar refractivity (Wildman–Crippen MR) is 127 cm³/mol. The van der Waals surface area contributed by atoms with Gasteiger partial charge < -0.3 is 19.7 Å². The molecule has 0 radical (unpaired) electrons. The molecule has 0 aromatic carbocycles.